The Labute approximate surface area is 90.6 Å². The Bertz CT molecular complexity index is 241. The Morgan fingerprint density at radius 1 is 1.33 bits per heavy atom. The van der Waals surface area contributed by atoms with Crippen LogP contribution in [0.15, 0.2) is 5.10 Å². The fourth-order valence-corrected chi connectivity index (χ4v) is 1.52. The molecule has 6 nitrogen and oxygen atoms in total. The Balaban J connectivity index is 2.52. The van der Waals surface area contributed by atoms with Gasteiger partial charge in [-0.2, -0.15) is 0 Å². The highest BCUT2D eigenvalue weighted by Crippen LogP contribution is 2.08. The molecule has 0 spiro atoms. The van der Waals surface area contributed by atoms with Crippen molar-refractivity contribution in [2.45, 2.75) is 19.3 Å². The van der Waals surface area contributed by atoms with Gasteiger partial charge < -0.3 is 15.6 Å². The molecule has 0 aromatic carbocycles. The van der Waals surface area contributed by atoms with Gasteiger partial charge in [-0.1, -0.05) is 0 Å². The van der Waals surface area contributed by atoms with Crippen LogP contribution in [-0.4, -0.2) is 48.9 Å². The van der Waals surface area contributed by atoms with Crippen LogP contribution in [0.1, 0.15) is 19.3 Å². The molecule has 0 aliphatic carbocycles. The predicted octanol–water partition coefficient (Wildman–Crippen LogP) is -0.212. The van der Waals surface area contributed by atoms with Gasteiger partial charge in [0.15, 0.2) is 5.96 Å². The summed E-state index contributed by atoms with van der Waals surface area (Å²) in [7, 11) is 3.61. The molecule has 4 N–H and O–H groups in total. The smallest absolute Gasteiger partial charge is 0.222 e. The van der Waals surface area contributed by atoms with E-state index in [1.807, 2.05) is 0 Å². The summed E-state index contributed by atoms with van der Waals surface area (Å²) in [6.07, 6.45) is 3.59. The molecule has 0 unspecified atom stereocenters. The molecule has 0 radical (unpaired) electrons. The van der Waals surface area contributed by atoms with Crippen LogP contribution in [0.25, 0.3) is 0 Å². The van der Waals surface area contributed by atoms with Gasteiger partial charge in [0.05, 0.1) is 0 Å². The van der Waals surface area contributed by atoms with Crippen molar-refractivity contribution in [3.8, 4) is 0 Å². The lowest BCUT2D eigenvalue weighted by Crippen LogP contribution is -2.49. The van der Waals surface area contributed by atoms with Crippen LogP contribution >= 0.6 is 0 Å². The van der Waals surface area contributed by atoms with Crippen molar-refractivity contribution in [3.05, 3.63) is 0 Å². The van der Waals surface area contributed by atoms with Crippen LogP contribution in [0.2, 0.25) is 0 Å². The number of hydrazone groups is 1. The molecule has 1 rings (SSSR count). The van der Waals surface area contributed by atoms with Crippen molar-refractivity contribution in [3.63, 3.8) is 0 Å². The minimum atomic E-state index is 0.296. The normalized spacial score (nSPS) is 17.5. The number of hydrogen-bond acceptors (Lipinski definition) is 3. The standard InChI is InChI=1S/C9H20N6/c1-14(2)8(10)12-9(13-11)15-6-4-3-5-7-15/h3-7,11H2,1-2H3,(H2,10,12,13). The fraction of sp³-hybridized carbons (Fsp3) is 0.778. The summed E-state index contributed by atoms with van der Waals surface area (Å²) in [6, 6.07) is 0. The summed E-state index contributed by atoms with van der Waals surface area (Å²) in [5.41, 5.74) is 0. The van der Waals surface area contributed by atoms with Crippen molar-refractivity contribution < 1.29 is 0 Å². The van der Waals surface area contributed by atoms with Gasteiger partial charge in [-0.3, -0.25) is 10.7 Å². The topological polar surface area (TPSA) is 80.7 Å². The molecule has 0 aromatic rings. The number of piperidine rings is 1. The van der Waals surface area contributed by atoms with Crippen molar-refractivity contribution in [2.75, 3.05) is 27.2 Å². The number of nitrogens with zero attached hydrogens (tertiary/aromatic N) is 3. The average Bonchev–Trinajstić information content (AvgIpc) is 2.26. The Morgan fingerprint density at radius 2 is 1.93 bits per heavy atom. The zero-order chi connectivity index (χ0) is 11.3. The van der Waals surface area contributed by atoms with Gasteiger partial charge in [-0.15, -0.1) is 5.10 Å². The number of likely N-dealkylation sites (tertiary alicyclic amines) is 1. The predicted molar refractivity (Wildman–Crippen MR) is 61.6 cm³/mol. The van der Waals surface area contributed by atoms with Gasteiger partial charge in [0.1, 0.15) is 0 Å². The van der Waals surface area contributed by atoms with Crippen LogP contribution in [0.4, 0.5) is 0 Å². The first-order valence-corrected chi connectivity index (χ1v) is 5.21. The highest BCUT2D eigenvalue weighted by molar-refractivity contribution is 5.96. The third kappa shape index (κ3) is 3.30. The molecule has 1 aliphatic rings. The monoisotopic (exact) mass is 212 g/mol. The lowest BCUT2D eigenvalue weighted by molar-refractivity contribution is 0.334. The van der Waals surface area contributed by atoms with Gasteiger partial charge in [0, 0.05) is 27.2 Å². The molecule has 1 aliphatic heterocycles. The zero-order valence-electron chi connectivity index (χ0n) is 9.45. The first-order chi connectivity index (χ1) is 7.15. The number of guanidine groups is 2. The molecular weight excluding hydrogens is 192 g/mol. The van der Waals surface area contributed by atoms with Crippen molar-refractivity contribution >= 4 is 11.9 Å². The highest BCUT2D eigenvalue weighted by atomic mass is 15.4. The maximum atomic E-state index is 7.65. The number of hydrogen-bond donors (Lipinski definition) is 3. The van der Waals surface area contributed by atoms with Crippen molar-refractivity contribution in [2.24, 2.45) is 10.9 Å². The van der Waals surface area contributed by atoms with Gasteiger partial charge in [0.25, 0.3) is 0 Å². The number of nitrogens with one attached hydrogen (secondary N) is 2. The van der Waals surface area contributed by atoms with Crippen LogP contribution in [0.5, 0.6) is 0 Å². The van der Waals surface area contributed by atoms with Crippen LogP contribution < -0.4 is 11.2 Å². The zero-order valence-corrected chi connectivity index (χ0v) is 9.45. The van der Waals surface area contributed by atoms with E-state index in [9.17, 15) is 0 Å². The second kappa shape index (κ2) is 5.43. The second-order valence-corrected chi connectivity index (χ2v) is 3.87. The Hall–Kier alpha value is -1.46. The SMILES string of the molecule is CN(C)C(=N)NC(=NN)N1CCCCC1. The van der Waals surface area contributed by atoms with E-state index in [-0.39, 0.29) is 0 Å². The highest BCUT2D eigenvalue weighted by Gasteiger charge is 2.15. The van der Waals surface area contributed by atoms with Crippen LogP contribution in [0, 0.1) is 5.41 Å². The Kier molecular flexibility index (Phi) is 4.20. The molecule has 0 amide bonds. The van der Waals surface area contributed by atoms with Crippen LogP contribution in [-0.2, 0) is 0 Å². The molecule has 0 bridgehead atoms. The maximum Gasteiger partial charge on any atom is 0.222 e. The Morgan fingerprint density at radius 3 is 2.40 bits per heavy atom. The minimum Gasteiger partial charge on any atom is -0.349 e. The molecular formula is C9H20N6. The first-order valence-electron chi connectivity index (χ1n) is 5.21. The van der Waals surface area contributed by atoms with E-state index in [0.29, 0.717) is 11.9 Å². The van der Waals surface area contributed by atoms with Gasteiger partial charge in [-0.25, -0.2) is 0 Å². The van der Waals surface area contributed by atoms with E-state index < -0.39 is 0 Å². The largest absolute Gasteiger partial charge is 0.349 e. The summed E-state index contributed by atoms with van der Waals surface area (Å²) in [5, 5.41) is 14.2. The summed E-state index contributed by atoms with van der Waals surface area (Å²) in [6.45, 7) is 1.92. The molecule has 0 aromatic heterocycles. The maximum absolute atomic E-state index is 7.65. The summed E-state index contributed by atoms with van der Waals surface area (Å²) >= 11 is 0. The van der Waals surface area contributed by atoms with E-state index >= 15 is 0 Å². The third-order valence-corrected chi connectivity index (χ3v) is 2.46. The number of nitrogens with two attached hydrogens (primary N) is 1. The van der Waals surface area contributed by atoms with Gasteiger partial charge in [-0.05, 0) is 19.3 Å². The van der Waals surface area contributed by atoms with Crippen LogP contribution in [0.3, 0.4) is 0 Å². The van der Waals surface area contributed by atoms with Gasteiger partial charge >= 0.3 is 0 Å². The summed E-state index contributed by atoms with van der Waals surface area (Å²) in [4.78, 5) is 3.76. The first kappa shape index (κ1) is 11.6. The van der Waals surface area contributed by atoms with Crippen molar-refractivity contribution in [1.82, 2.24) is 15.1 Å². The molecule has 15 heavy (non-hydrogen) atoms. The molecule has 0 atom stereocenters. The number of rotatable bonds is 0. The van der Waals surface area contributed by atoms with E-state index in [2.05, 4.69) is 15.3 Å². The van der Waals surface area contributed by atoms with E-state index in [0.717, 1.165) is 25.9 Å². The molecule has 86 valence electrons. The molecule has 1 fully saturated rings. The second-order valence-electron chi connectivity index (χ2n) is 3.87. The third-order valence-electron chi connectivity index (χ3n) is 2.46. The van der Waals surface area contributed by atoms with E-state index in [1.165, 1.54) is 6.42 Å². The lowest BCUT2D eigenvalue weighted by atomic mass is 10.1. The quantitative estimate of drug-likeness (QED) is 0.225. The van der Waals surface area contributed by atoms with E-state index in [4.69, 9.17) is 11.3 Å². The van der Waals surface area contributed by atoms with Gasteiger partial charge in [0.2, 0.25) is 5.96 Å². The molecule has 1 heterocycles. The lowest BCUT2D eigenvalue weighted by Gasteiger charge is -2.30. The fourth-order valence-electron chi connectivity index (χ4n) is 1.52. The molecule has 1 saturated heterocycles. The minimum absolute atomic E-state index is 0.296. The van der Waals surface area contributed by atoms with Crippen molar-refractivity contribution in [1.29, 1.82) is 5.41 Å². The summed E-state index contributed by atoms with van der Waals surface area (Å²) in [5.74, 6) is 6.21. The summed E-state index contributed by atoms with van der Waals surface area (Å²) < 4.78 is 0. The average molecular weight is 212 g/mol. The van der Waals surface area contributed by atoms with E-state index in [1.54, 1.807) is 19.0 Å². The molecule has 6 heteroatoms. The molecule has 0 saturated carbocycles.